The van der Waals surface area contributed by atoms with Gasteiger partial charge in [-0.3, -0.25) is 9.59 Å². The Labute approximate surface area is 284 Å². The Balaban J connectivity index is 1.16. The fraction of sp³-hybridized carbons (Fsp3) is 0.579. The van der Waals surface area contributed by atoms with Crippen LogP contribution in [0.5, 0.6) is 11.5 Å². The van der Waals surface area contributed by atoms with Gasteiger partial charge in [0.1, 0.15) is 18.1 Å². The molecule has 10 heteroatoms. The lowest BCUT2D eigenvalue weighted by molar-refractivity contribution is -0.320. The first kappa shape index (κ1) is 37.4. The number of hydrogen-bond acceptors (Lipinski definition) is 10. The minimum absolute atomic E-state index is 0.0869. The molecule has 2 N–H and O–H groups in total. The van der Waals surface area contributed by atoms with Crippen LogP contribution in [0, 0.1) is 31.6 Å². The lowest BCUT2D eigenvalue weighted by Gasteiger charge is -2.46. The van der Waals surface area contributed by atoms with E-state index in [4.69, 9.17) is 28.4 Å². The first-order chi connectivity index (χ1) is 22.7. The minimum atomic E-state index is -0.889. The number of phenolic OH excluding ortho intramolecular Hbond substituents is 2. The molecule has 48 heavy (non-hydrogen) atoms. The number of unbranched alkanes of at least 4 members (excludes halogenated alkanes) is 1. The van der Waals surface area contributed by atoms with Crippen LogP contribution in [-0.2, 0) is 57.3 Å². The van der Waals surface area contributed by atoms with Gasteiger partial charge in [0.05, 0.1) is 31.8 Å². The molecule has 0 atom stereocenters. The molecule has 0 unspecified atom stereocenters. The van der Waals surface area contributed by atoms with E-state index in [0.717, 1.165) is 52.6 Å². The molecule has 264 valence electrons. The number of phenols is 2. The van der Waals surface area contributed by atoms with Gasteiger partial charge in [-0.05, 0) is 79.8 Å². The van der Waals surface area contributed by atoms with Crippen LogP contribution >= 0.6 is 0 Å². The van der Waals surface area contributed by atoms with Crippen molar-refractivity contribution in [2.45, 2.75) is 99.1 Å². The van der Waals surface area contributed by atoms with E-state index < -0.39 is 29.4 Å². The fourth-order valence-corrected chi connectivity index (χ4v) is 5.96. The van der Waals surface area contributed by atoms with Gasteiger partial charge in [-0.15, -0.1) is 0 Å². The number of rotatable bonds is 14. The van der Waals surface area contributed by atoms with Gasteiger partial charge in [-0.25, -0.2) is 0 Å². The number of aryl methyl sites for hydroxylation is 6. The number of esters is 2. The fourth-order valence-electron chi connectivity index (χ4n) is 5.96. The Bertz CT molecular complexity index is 1420. The Morgan fingerprint density at radius 2 is 1.35 bits per heavy atom. The predicted molar refractivity (Wildman–Crippen MR) is 179 cm³/mol. The second-order valence-electron chi connectivity index (χ2n) is 14.1. The highest BCUT2D eigenvalue weighted by molar-refractivity contribution is 5.71. The van der Waals surface area contributed by atoms with Crippen molar-refractivity contribution in [2.75, 3.05) is 33.0 Å². The van der Waals surface area contributed by atoms with Crippen molar-refractivity contribution in [1.82, 2.24) is 0 Å². The third-order valence-electron chi connectivity index (χ3n) is 8.94. The quantitative estimate of drug-likeness (QED) is 0.175. The van der Waals surface area contributed by atoms with Crippen LogP contribution in [0.3, 0.4) is 0 Å². The highest BCUT2D eigenvalue weighted by Gasteiger charge is 2.46. The predicted octanol–water partition coefficient (Wildman–Crippen LogP) is 6.29. The molecular formula is C38H52O10. The Morgan fingerprint density at radius 3 is 1.94 bits per heavy atom. The maximum atomic E-state index is 12.7. The average molecular weight is 669 g/mol. The summed E-state index contributed by atoms with van der Waals surface area (Å²) >= 11 is 0. The van der Waals surface area contributed by atoms with E-state index in [-0.39, 0.29) is 50.1 Å². The maximum absolute atomic E-state index is 12.7. The van der Waals surface area contributed by atoms with Crippen molar-refractivity contribution >= 4 is 11.9 Å². The smallest absolute Gasteiger partial charge is 0.311 e. The van der Waals surface area contributed by atoms with Gasteiger partial charge in [-0.2, -0.15) is 0 Å². The largest absolute Gasteiger partial charge is 0.507 e. The number of ether oxygens (including phenoxy) is 6. The topological polar surface area (TPSA) is 130 Å². The zero-order valence-corrected chi connectivity index (χ0v) is 29.3. The van der Waals surface area contributed by atoms with Gasteiger partial charge in [0.25, 0.3) is 0 Å². The molecule has 1 spiro atoms. The molecule has 2 aliphatic rings. The highest BCUT2D eigenvalue weighted by Crippen LogP contribution is 2.37. The molecule has 2 aromatic rings. The van der Waals surface area contributed by atoms with E-state index in [9.17, 15) is 19.8 Å². The SMILES string of the molecule is C=C(OC(=O)CCc1cc(C)c(O)c(C)c1)C1OCC2(CO1)COC(C(C)(C)COC(=O)CCc1cc(C)c(O)c(CCCC)c1)OC2. The molecule has 0 aliphatic carbocycles. The Kier molecular flexibility index (Phi) is 12.7. The highest BCUT2D eigenvalue weighted by atomic mass is 16.7. The average Bonchev–Trinajstić information content (AvgIpc) is 3.05. The summed E-state index contributed by atoms with van der Waals surface area (Å²) in [5.41, 5.74) is 4.08. The number of benzene rings is 2. The van der Waals surface area contributed by atoms with Crippen LogP contribution < -0.4 is 0 Å². The minimum Gasteiger partial charge on any atom is -0.507 e. The van der Waals surface area contributed by atoms with Crippen LogP contribution in [0.2, 0.25) is 0 Å². The summed E-state index contributed by atoms with van der Waals surface area (Å²) in [5.74, 6) is -0.0605. The zero-order valence-electron chi connectivity index (χ0n) is 29.3. The molecule has 2 aliphatic heterocycles. The normalized spacial score (nSPS) is 21.2. The second kappa shape index (κ2) is 16.3. The molecule has 2 aromatic carbocycles. The van der Waals surface area contributed by atoms with E-state index in [1.165, 1.54) is 0 Å². The second-order valence-corrected chi connectivity index (χ2v) is 14.1. The molecule has 2 heterocycles. The van der Waals surface area contributed by atoms with E-state index in [2.05, 4.69) is 13.5 Å². The molecule has 2 fully saturated rings. The Morgan fingerprint density at radius 1 is 0.833 bits per heavy atom. The molecular weight excluding hydrogens is 616 g/mol. The summed E-state index contributed by atoms with van der Waals surface area (Å²) < 4.78 is 35.0. The van der Waals surface area contributed by atoms with Crippen molar-refractivity contribution in [3.63, 3.8) is 0 Å². The first-order valence-corrected chi connectivity index (χ1v) is 16.8. The van der Waals surface area contributed by atoms with Gasteiger partial charge >= 0.3 is 11.9 Å². The molecule has 10 nitrogen and oxygen atoms in total. The van der Waals surface area contributed by atoms with Gasteiger partial charge < -0.3 is 38.6 Å². The number of aromatic hydroxyl groups is 2. The molecule has 4 rings (SSSR count). The number of hydrogen-bond donors (Lipinski definition) is 2. The lowest BCUT2D eigenvalue weighted by atomic mass is 9.88. The number of carbonyl (C=O) groups excluding carboxylic acids is 2. The van der Waals surface area contributed by atoms with Gasteiger partial charge in [0.2, 0.25) is 6.29 Å². The van der Waals surface area contributed by atoms with Crippen molar-refractivity contribution in [3.8, 4) is 11.5 Å². The molecule has 0 saturated carbocycles. The van der Waals surface area contributed by atoms with Crippen molar-refractivity contribution in [1.29, 1.82) is 0 Å². The molecule has 0 aromatic heterocycles. The Hall–Kier alpha value is -3.44. The van der Waals surface area contributed by atoms with Crippen LogP contribution in [0.15, 0.2) is 36.6 Å². The molecule has 2 saturated heterocycles. The van der Waals surface area contributed by atoms with Crippen LogP contribution in [0.4, 0.5) is 0 Å². The summed E-state index contributed by atoms with van der Waals surface area (Å²) in [6.07, 6.45) is 2.75. The van der Waals surface area contributed by atoms with Crippen LogP contribution in [0.1, 0.15) is 79.8 Å². The van der Waals surface area contributed by atoms with Crippen molar-refractivity contribution in [3.05, 3.63) is 70.0 Å². The maximum Gasteiger partial charge on any atom is 0.311 e. The molecule has 0 bridgehead atoms. The van der Waals surface area contributed by atoms with E-state index in [1.54, 1.807) is 0 Å². The standard InChI is InChI=1S/C38H52O10/c1-8-9-10-30-18-29(17-26(4)34(30)42)11-13-31(39)43-19-37(6,7)36-46-22-38(23-47-36)20-44-35(45-21-38)27(5)48-32(40)14-12-28-15-24(2)33(41)25(3)16-28/h15-18,35-36,41-42H,5,8-14,19-23H2,1-4,6-7H3. The van der Waals surface area contributed by atoms with Gasteiger partial charge in [-0.1, -0.05) is 58.0 Å². The summed E-state index contributed by atoms with van der Waals surface area (Å²) in [5, 5.41) is 20.3. The van der Waals surface area contributed by atoms with Crippen LogP contribution in [-0.4, -0.2) is 67.8 Å². The molecule has 0 radical (unpaired) electrons. The number of carbonyl (C=O) groups is 2. The summed E-state index contributed by atoms with van der Waals surface area (Å²) in [6, 6.07) is 7.62. The van der Waals surface area contributed by atoms with E-state index >= 15 is 0 Å². The first-order valence-electron chi connectivity index (χ1n) is 16.8. The van der Waals surface area contributed by atoms with Gasteiger partial charge in [0, 0.05) is 18.3 Å². The van der Waals surface area contributed by atoms with Crippen molar-refractivity contribution in [2.24, 2.45) is 10.8 Å². The van der Waals surface area contributed by atoms with Crippen molar-refractivity contribution < 1.29 is 48.2 Å². The van der Waals surface area contributed by atoms with E-state index in [0.29, 0.717) is 31.8 Å². The zero-order chi connectivity index (χ0) is 35.1. The molecule has 0 amide bonds. The lowest BCUT2D eigenvalue weighted by Crippen LogP contribution is -2.55. The van der Waals surface area contributed by atoms with E-state index in [1.807, 2.05) is 58.9 Å². The van der Waals surface area contributed by atoms with Crippen LogP contribution in [0.25, 0.3) is 0 Å². The summed E-state index contributed by atoms with van der Waals surface area (Å²) in [6.45, 7) is 16.6. The third kappa shape index (κ3) is 9.81. The summed E-state index contributed by atoms with van der Waals surface area (Å²) in [7, 11) is 0. The van der Waals surface area contributed by atoms with Gasteiger partial charge in [0.15, 0.2) is 12.0 Å². The third-order valence-corrected chi connectivity index (χ3v) is 8.94. The summed E-state index contributed by atoms with van der Waals surface area (Å²) in [4.78, 5) is 25.1. The monoisotopic (exact) mass is 668 g/mol.